The molecule has 12 heteroatoms. The Morgan fingerprint density at radius 3 is 1.43 bits per heavy atom. The van der Waals surface area contributed by atoms with Gasteiger partial charge in [-0.05, 0) is 83.5 Å². The monoisotopic (exact) mass is 829 g/mol. The highest BCUT2D eigenvalue weighted by Crippen LogP contribution is 2.43. The van der Waals surface area contributed by atoms with Gasteiger partial charge in [-0.2, -0.15) is 0 Å². The highest BCUT2D eigenvalue weighted by atomic mass is 31.2. The molecular formula is C46H72NO10P. The van der Waals surface area contributed by atoms with E-state index in [1.807, 2.05) is 12.2 Å². The van der Waals surface area contributed by atoms with E-state index in [0.717, 1.165) is 89.9 Å². The van der Waals surface area contributed by atoms with Crippen molar-refractivity contribution in [3.05, 3.63) is 109 Å². The normalized spacial score (nSPS) is 14.8. The zero-order valence-corrected chi connectivity index (χ0v) is 36.0. The lowest BCUT2D eigenvalue weighted by Gasteiger charge is -2.20. The van der Waals surface area contributed by atoms with Crippen LogP contribution in [0, 0.1) is 0 Å². The highest BCUT2D eigenvalue weighted by molar-refractivity contribution is 7.47. The van der Waals surface area contributed by atoms with Crippen molar-refractivity contribution >= 4 is 25.7 Å². The average Bonchev–Trinajstić information content (AvgIpc) is 3.20. The zero-order valence-electron chi connectivity index (χ0n) is 35.1. The Kier molecular flexibility index (Phi) is 37.3. The summed E-state index contributed by atoms with van der Waals surface area (Å²) in [6, 6.07) is -1.54. The third kappa shape index (κ3) is 39.0. The lowest BCUT2D eigenvalue weighted by Crippen LogP contribution is -2.34. The van der Waals surface area contributed by atoms with Crippen LogP contribution in [0.4, 0.5) is 0 Å². The molecule has 0 bridgehead atoms. The van der Waals surface area contributed by atoms with Gasteiger partial charge >= 0.3 is 25.7 Å². The standard InChI is InChI=1S/C46H72NO10P/c1-3-5-7-9-11-13-15-17-19-20-21-22-24-25-27-29-31-33-35-37-44(48)54-39-42(40-55-58(52,53)56-41-43(47)46(50)51)57-45(49)38-36-34-32-30-28-26-23-18-16-14-12-10-8-6-4-2/h5-8,11-14,17-19,21-23,25,27,31,33,42-43H,3-4,9-10,15-16,20,24,26,28-30,32,34-41,47H2,1-2H3,(H,50,51)(H,52,53)/b7-5+,8-6+,13-11+,14-12+,19-17+,22-21+,23-18+,27-25+,33-31+/t42-,43+/m1/s1. The van der Waals surface area contributed by atoms with Gasteiger partial charge < -0.3 is 25.2 Å². The number of hydrogen-bond donors (Lipinski definition) is 3. The number of allylic oxidation sites excluding steroid dienone is 18. The molecule has 0 heterocycles. The third-order valence-electron chi connectivity index (χ3n) is 8.03. The fraction of sp³-hybridized carbons (Fsp3) is 0.543. The minimum atomic E-state index is -4.74. The summed E-state index contributed by atoms with van der Waals surface area (Å²) in [6.07, 6.45) is 51.7. The second kappa shape index (κ2) is 39.9. The molecule has 3 atom stereocenters. The number of carbonyl (C=O) groups is 3. The van der Waals surface area contributed by atoms with Crippen LogP contribution in [-0.2, 0) is 37.5 Å². The molecule has 0 aromatic heterocycles. The lowest BCUT2D eigenvalue weighted by atomic mass is 10.1. The number of nitrogens with two attached hydrogens (primary N) is 1. The van der Waals surface area contributed by atoms with Crippen molar-refractivity contribution in [2.24, 2.45) is 5.73 Å². The Labute approximate surface area is 348 Å². The smallest absolute Gasteiger partial charge is 0.472 e. The van der Waals surface area contributed by atoms with E-state index in [4.69, 9.17) is 24.8 Å². The largest absolute Gasteiger partial charge is 0.480 e. The number of ether oxygens (including phenoxy) is 2. The number of aliphatic carboxylic acids is 1. The van der Waals surface area contributed by atoms with Crippen LogP contribution in [0.2, 0.25) is 0 Å². The van der Waals surface area contributed by atoms with Crippen molar-refractivity contribution in [3.63, 3.8) is 0 Å². The topological polar surface area (TPSA) is 172 Å². The van der Waals surface area contributed by atoms with Gasteiger partial charge in [0, 0.05) is 12.8 Å². The van der Waals surface area contributed by atoms with Crippen molar-refractivity contribution < 1.29 is 47.5 Å². The minimum absolute atomic E-state index is 0.0855. The number of unbranched alkanes of at least 4 members (excludes halogenated alkanes) is 5. The first-order valence-corrected chi connectivity index (χ1v) is 22.4. The fourth-order valence-corrected chi connectivity index (χ4v) is 5.59. The predicted octanol–water partition coefficient (Wildman–Crippen LogP) is 11.1. The molecule has 0 saturated carbocycles. The summed E-state index contributed by atoms with van der Waals surface area (Å²) in [5, 5.41) is 8.88. The Morgan fingerprint density at radius 2 is 0.948 bits per heavy atom. The molecule has 11 nitrogen and oxygen atoms in total. The number of phosphoric ester groups is 1. The molecule has 326 valence electrons. The molecule has 4 N–H and O–H groups in total. The van der Waals surface area contributed by atoms with Gasteiger partial charge in [0.2, 0.25) is 0 Å². The Balaban J connectivity index is 4.56. The number of hydrogen-bond acceptors (Lipinski definition) is 9. The van der Waals surface area contributed by atoms with Gasteiger partial charge in [-0.1, -0.05) is 142 Å². The molecule has 0 amide bonds. The number of carboxylic acids is 1. The maximum Gasteiger partial charge on any atom is 0.472 e. The van der Waals surface area contributed by atoms with E-state index in [1.165, 1.54) is 0 Å². The summed E-state index contributed by atoms with van der Waals surface area (Å²) in [4.78, 5) is 45.9. The molecule has 0 aliphatic rings. The first-order chi connectivity index (χ1) is 28.1. The van der Waals surface area contributed by atoms with Gasteiger partial charge in [-0.15, -0.1) is 0 Å². The summed E-state index contributed by atoms with van der Waals surface area (Å²) < 4.78 is 32.6. The van der Waals surface area contributed by atoms with E-state index in [9.17, 15) is 23.8 Å². The molecule has 0 aromatic rings. The predicted molar refractivity (Wildman–Crippen MR) is 235 cm³/mol. The molecule has 58 heavy (non-hydrogen) atoms. The van der Waals surface area contributed by atoms with Gasteiger partial charge in [0.15, 0.2) is 6.10 Å². The number of phosphoric acid groups is 1. The van der Waals surface area contributed by atoms with E-state index >= 15 is 0 Å². The van der Waals surface area contributed by atoms with Crippen molar-refractivity contribution in [2.45, 2.75) is 142 Å². The van der Waals surface area contributed by atoms with Crippen LogP contribution in [0.5, 0.6) is 0 Å². The molecule has 0 aliphatic heterocycles. The number of esters is 2. The van der Waals surface area contributed by atoms with Gasteiger partial charge in [-0.25, -0.2) is 4.57 Å². The second-order valence-electron chi connectivity index (χ2n) is 13.4. The summed E-state index contributed by atoms with van der Waals surface area (Å²) in [7, 11) is -4.74. The lowest BCUT2D eigenvalue weighted by molar-refractivity contribution is -0.161. The van der Waals surface area contributed by atoms with Gasteiger partial charge in [-0.3, -0.25) is 23.4 Å². The van der Waals surface area contributed by atoms with Crippen molar-refractivity contribution in [2.75, 3.05) is 19.8 Å². The molecule has 0 radical (unpaired) electrons. The first kappa shape index (κ1) is 54.1. The van der Waals surface area contributed by atoms with Crippen LogP contribution >= 0.6 is 7.82 Å². The van der Waals surface area contributed by atoms with E-state index in [1.54, 1.807) is 0 Å². The van der Waals surface area contributed by atoms with Crippen molar-refractivity contribution in [3.8, 4) is 0 Å². The van der Waals surface area contributed by atoms with E-state index in [-0.39, 0.29) is 12.8 Å². The van der Waals surface area contributed by atoms with Crippen LogP contribution in [0.25, 0.3) is 0 Å². The molecule has 0 saturated heterocycles. The van der Waals surface area contributed by atoms with Gasteiger partial charge in [0.25, 0.3) is 0 Å². The molecule has 0 spiro atoms. The van der Waals surface area contributed by atoms with Gasteiger partial charge in [0.1, 0.15) is 12.6 Å². The SMILES string of the molecule is CC/C=C/C/C=C/C/C=C/C/C=C/C/C=C/C/C=C/CCC(=O)OC[C@H](COP(=O)(O)OC[C@H](N)C(=O)O)OC(=O)CCCCCCC/C=C/C/C=C/C/C=C/CC. The summed E-state index contributed by atoms with van der Waals surface area (Å²) in [5.74, 6) is -2.53. The summed E-state index contributed by atoms with van der Waals surface area (Å²) >= 11 is 0. The van der Waals surface area contributed by atoms with Crippen LogP contribution in [0.3, 0.4) is 0 Å². The average molecular weight is 830 g/mol. The van der Waals surface area contributed by atoms with Crippen molar-refractivity contribution in [1.29, 1.82) is 0 Å². The summed E-state index contributed by atoms with van der Waals surface area (Å²) in [5.41, 5.74) is 5.32. The second-order valence-corrected chi connectivity index (χ2v) is 14.8. The van der Waals surface area contributed by atoms with E-state index in [2.05, 4.69) is 116 Å². The maximum absolute atomic E-state index is 12.6. The molecular weight excluding hydrogens is 757 g/mol. The van der Waals surface area contributed by atoms with Crippen LogP contribution < -0.4 is 5.73 Å². The van der Waals surface area contributed by atoms with Crippen LogP contribution in [0.1, 0.15) is 129 Å². The van der Waals surface area contributed by atoms with Crippen LogP contribution in [0.15, 0.2) is 109 Å². The zero-order chi connectivity index (χ0) is 42.8. The van der Waals surface area contributed by atoms with Gasteiger partial charge in [0.05, 0.1) is 13.2 Å². The fourth-order valence-electron chi connectivity index (χ4n) is 4.81. The highest BCUT2D eigenvalue weighted by Gasteiger charge is 2.28. The van der Waals surface area contributed by atoms with Crippen LogP contribution in [-0.4, -0.2) is 59.9 Å². The third-order valence-corrected chi connectivity index (χ3v) is 8.98. The number of carbonyl (C=O) groups excluding carboxylic acids is 2. The Hall–Kier alpha value is -3.86. The first-order valence-electron chi connectivity index (χ1n) is 20.9. The molecule has 0 fully saturated rings. The summed E-state index contributed by atoms with van der Waals surface area (Å²) in [6.45, 7) is 2.45. The Bertz CT molecular complexity index is 1390. The Morgan fingerprint density at radius 1 is 0.534 bits per heavy atom. The number of carboxylic acid groups (broad SMARTS) is 1. The molecule has 0 aliphatic carbocycles. The maximum atomic E-state index is 12.6. The quantitative estimate of drug-likeness (QED) is 0.0235. The van der Waals surface area contributed by atoms with Crippen molar-refractivity contribution in [1.82, 2.24) is 0 Å². The molecule has 1 unspecified atom stereocenters. The minimum Gasteiger partial charge on any atom is -0.480 e. The molecule has 0 aromatic carbocycles. The van der Waals surface area contributed by atoms with E-state index in [0.29, 0.717) is 12.8 Å². The van der Waals surface area contributed by atoms with E-state index < -0.39 is 57.7 Å². The number of rotatable bonds is 37. The molecule has 0 rings (SSSR count).